The summed E-state index contributed by atoms with van der Waals surface area (Å²) in [5.41, 5.74) is 0.238. The predicted octanol–water partition coefficient (Wildman–Crippen LogP) is 1.81. The topological polar surface area (TPSA) is 64.4 Å². The van der Waals surface area contributed by atoms with Crippen LogP contribution < -0.4 is 5.56 Å². The van der Waals surface area contributed by atoms with Gasteiger partial charge in [0.2, 0.25) is 5.91 Å². The Morgan fingerprint density at radius 2 is 2.08 bits per heavy atom. The summed E-state index contributed by atoms with van der Waals surface area (Å²) in [6.45, 7) is 3.24. The van der Waals surface area contributed by atoms with E-state index < -0.39 is 5.82 Å². The number of rotatable bonds is 3. The molecule has 1 aromatic heterocycles. The van der Waals surface area contributed by atoms with E-state index in [4.69, 9.17) is 4.74 Å². The third-order valence-electron chi connectivity index (χ3n) is 5.45. The molecule has 0 spiro atoms. The van der Waals surface area contributed by atoms with Crippen molar-refractivity contribution in [1.29, 1.82) is 0 Å². The third-order valence-corrected chi connectivity index (χ3v) is 5.45. The molecule has 6 nitrogen and oxygen atoms in total. The monoisotopic (exact) mass is 359 g/mol. The summed E-state index contributed by atoms with van der Waals surface area (Å²) in [5, 5.41) is 0.433. The molecule has 138 valence electrons. The molecule has 1 amide bonds. The molecule has 4 rings (SSSR count). The van der Waals surface area contributed by atoms with Gasteiger partial charge in [0.1, 0.15) is 5.82 Å². The third kappa shape index (κ3) is 3.35. The summed E-state index contributed by atoms with van der Waals surface area (Å²) < 4.78 is 20.2. The van der Waals surface area contributed by atoms with Crippen molar-refractivity contribution in [3.8, 4) is 0 Å². The van der Waals surface area contributed by atoms with Crippen molar-refractivity contribution in [3.63, 3.8) is 0 Å². The van der Waals surface area contributed by atoms with Crippen LogP contribution in [0.4, 0.5) is 4.39 Å². The minimum atomic E-state index is -0.396. The minimum Gasteiger partial charge on any atom is -0.381 e. The number of fused-ring (bicyclic) bond motifs is 1. The highest BCUT2D eigenvalue weighted by Crippen LogP contribution is 2.23. The van der Waals surface area contributed by atoms with E-state index in [1.165, 1.54) is 24.5 Å². The molecule has 1 atom stereocenters. The molecule has 0 saturated carbocycles. The maximum Gasteiger partial charge on any atom is 0.261 e. The predicted molar refractivity (Wildman–Crippen MR) is 94.2 cm³/mol. The molecule has 3 heterocycles. The second-order valence-electron chi connectivity index (χ2n) is 7.19. The minimum absolute atomic E-state index is 0.0132. The van der Waals surface area contributed by atoms with Crippen molar-refractivity contribution in [1.82, 2.24) is 14.5 Å². The molecule has 0 radical (unpaired) electrons. The number of ether oxygens (including phenoxy) is 1. The Balaban J connectivity index is 1.40. The van der Waals surface area contributed by atoms with Crippen molar-refractivity contribution in [3.05, 3.63) is 40.7 Å². The highest BCUT2D eigenvalue weighted by Gasteiger charge is 2.30. The number of piperidine rings is 1. The molecule has 0 bridgehead atoms. The fourth-order valence-electron chi connectivity index (χ4n) is 3.86. The molecule has 7 heteroatoms. The number of benzene rings is 1. The van der Waals surface area contributed by atoms with Gasteiger partial charge < -0.3 is 9.64 Å². The quantitative estimate of drug-likeness (QED) is 0.838. The van der Waals surface area contributed by atoms with Crippen LogP contribution in [-0.4, -0.2) is 46.7 Å². The lowest BCUT2D eigenvalue weighted by atomic mass is 9.95. The second kappa shape index (κ2) is 7.15. The van der Waals surface area contributed by atoms with E-state index in [0.717, 1.165) is 32.4 Å². The number of hydrogen-bond donors (Lipinski definition) is 0. The molecule has 1 aromatic carbocycles. The summed E-state index contributed by atoms with van der Waals surface area (Å²) in [6, 6.07) is 4.05. The van der Waals surface area contributed by atoms with Gasteiger partial charge in [-0.25, -0.2) is 9.37 Å². The van der Waals surface area contributed by atoms with Gasteiger partial charge in [-0.3, -0.25) is 14.2 Å². The molecule has 2 saturated heterocycles. The van der Waals surface area contributed by atoms with E-state index in [2.05, 4.69) is 4.98 Å². The highest BCUT2D eigenvalue weighted by molar-refractivity contribution is 5.79. The maximum atomic E-state index is 13.3. The van der Waals surface area contributed by atoms with Crippen LogP contribution in [-0.2, 0) is 16.1 Å². The van der Waals surface area contributed by atoms with Gasteiger partial charge >= 0.3 is 0 Å². The molecule has 0 aliphatic carbocycles. The largest absolute Gasteiger partial charge is 0.381 e. The van der Waals surface area contributed by atoms with Crippen molar-refractivity contribution in [2.45, 2.75) is 25.8 Å². The molecular formula is C19H22FN3O3. The van der Waals surface area contributed by atoms with E-state index in [1.54, 1.807) is 4.57 Å². The number of amides is 1. The van der Waals surface area contributed by atoms with Crippen molar-refractivity contribution < 1.29 is 13.9 Å². The number of carbonyl (C=O) groups is 1. The zero-order valence-electron chi connectivity index (χ0n) is 14.6. The molecule has 1 unspecified atom stereocenters. The van der Waals surface area contributed by atoms with Gasteiger partial charge in [-0.05, 0) is 37.3 Å². The summed E-state index contributed by atoms with van der Waals surface area (Å²) in [7, 11) is 0. The van der Waals surface area contributed by atoms with Gasteiger partial charge in [0.15, 0.2) is 0 Å². The zero-order valence-corrected chi connectivity index (χ0v) is 14.6. The van der Waals surface area contributed by atoms with Gasteiger partial charge in [-0.15, -0.1) is 0 Å². The molecule has 2 aliphatic heterocycles. The Hall–Kier alpha value is -2.28. The Bertz CT molecular complexity index is 868. The number of hydrogen-bond acceptors (Lipinski definition) is 4. The summed E-state index contributed by atoms with van der Waals surface area (Å²) in [6.07, 6.45) is 4.05. The van der Waals surface area contributed by atoms with Crippen LogP contribution in [0.2, 0.25) is 0 Å². The van der Waals surface area contributed by atoms with E-state index in [-0.39, 0.29) is 17.4 Å². The van der Waals surface area contributed by atoms with Crippen molar-refractivity contribution in [2.75, 3.05) is 26.3 Å². The lowest BCUT2D eigenvalue weighted by Crippen LogP contribution is -2.43. The molecule has 0 N–H and O–H groups in total. The number of nitrogens with zero attached hydrogens (tertiary/aromatic N) is 3. The second-order valence-corrected chi connectivity index (χ2v) is 7.19. The Kier molecular flexibility index (Phi) is 4.72. The summed E-state index contributed by atoms with van der Waals surface area (Å²) in [4.78, 5) is 31.2. The molecular weight excluding hydrogens is 337 g/mol. The van der Waals surface area contributed by atoms with E-state index in [0.29, 0.717) is 36.6 Å². The van der Waals surface area contributed by atoms with Crippen LogP contribution in [0.25, 0.3) is 10.9 Å². The van der Waals surface area contributed by atoms with Gasteiger partial charge in [0.25, 0.3) is 5.56 Å². The van der Waals surface area contributed by atoms with E-state index in [9.17, 15) is 14.0 Å². The van der Waals surface area contributed by atoms with E-state index in [1.807, 2.05) is 4.90 Å². The van der Waals surface area contributed by atoms with E-state index >= 15 is 0 Å². The SMILES string of the molecule is O=C(C1CCOC1)N1CCC(Cn2cnc3cc(F)ccc3c2=O)CC1. The Morgan fingerprint density at radius 1 is 1.27 bits per heavy atom. The Labute approximate surface area is 150 Å². The van der Waals surface area contributed by atoms with Gasteiger partial charge in [-0.2, -0.15) is 0 Å². The first-order valence-electron chi connectivity index (χ1n) is 9.13. The smallest absolute Gasteiger partial charge is 0.261 e. The number of aromatic nitrogens is 2. The normalized spacial score (nSPS) is 21.4. The van der Waals surface area contributed by atoms with Crippen LogP contribution >= 0.6 is 0 Å². The average molecular weight is 359 g/mol. The van der Waals surface area contributed by atoms with Crippen LogP contribution in [0.3, 0.4) is 0 Å². The summed E-state index contributed by atoms with van der Waals surface area (Å²) in [5.74, 6) is 0.148. The summed E-state index contributed by atoms with van der Waals surface area (Å²) >= 11 is 0. The average Bonchev–Trinajstić information content (AvgIpc) is 3.19. The molecule has 26 heavy (non-hydrogen) atoms. The van der Waals surface area contributed by atoms with Crippen molar-refractivity contribution >= 4 is 16.8 Å². The number of halogens is 1. The van der Waals surface area contributed by atoms with Gasteiger partial charge in [0.05, 0.1) is 29.8 Å². The van der Waals surface area contributed by atoms with Gasteiger partial charge in [-0.1, -0.05) is 0 Å². The van der Waals surface area contributed by atoms with Crippen LogP contribution in [0.5, 0.6) is 0 Å². The maximum absolute atomic E-state index is 13.3. The molecule has 2 aromatic rings. The number of likely N-dealkylation sites (tertiary alicyclic amines) is 1. The van der Waals surface area contributed by atoms with Gasteiger partial charge in [0, 0.05) is 32.3 Å². The van der Waals surface area contributed by atoms with Crippen LogP contribution in [0.1, 0.15) is 19.3 Å². The first kappa shape index (κ1) is 17.1. The lowest BCUT2D eigenvalue weighted by molar-refractivity contribution is -0.137. The Morgan fingerprint density at radius 3 is 2.81 bits per heavy atom. The fraction of sp³-hybridized carbons (Fsp3) is 0.526. The first-order valence-corrected chi connectivity index (χ1v) is 9.13. The standard InChI is InChI=1S/C19H22FN3O3/c20-15-1-2-16-17(9-15)21-12-23(19(16)25)10-13-3-6-22(7-4-13)18(24)14-5-8-26-11-14/h1-2,9,12-14H,3-8,10-11H2. The zero-order chi connectivity index (χ0) is 18.1. The van der Waals surface area contributed by atoms with Crippen LogP contribution in [0.15, 0.2) is 29.3 Å². The number of carbonyl (C=O) groups excluding carboxylic acids is 1. The first-order chi connectivity index (χ1) is 12.6. The lowest BCUT2D eigenvalue weighted by Gasteiger charge is -2.33. The molecule has 2 aliphatic rings. The molecule has 2 fully saturated rings. The highest BCUT2D eigenvalue weighted by atomic mass is 19.1. The van der Waals surface area contributed by atoms with Crippen molar-refractivity contribution in [2.24, 2.45) is 11.8 Å². The van der Waals surface area contributed by atoms with Crippen LogP contribution in [0, 0.1) is 17.7 Å². The fourth-order valence-corrected chi connectivity index (χ4v) is 3.86.